The van der Waals surface area contributed by atoms with E-state index in [1.807, 2.05) is 0 Å². The normalized spacial score (nSPS) is 12.6. The number of rotatable bonds is 6. The number of phenolic OH excluding ortho intramolecular Hbond substituents is 1. The van der Waals surface area contributed by atoms with Gasteiger partial charge in [0.1, 0.15) is 0 Å². The predicted octanol–water partition coefficient (Wildman–Crippen LogP) is 2.54. The van der Waals surface area contributed by atoms with Crippen LogP contribution in [0.15, 0.2) is 22.7 Å². The van der Waals surface area contributed by atoms with E-state index in [2.05, 4.69) is 24.0 Å². The number of hydrogen-bond donors (Lipinski definition) is 2. The maximum atomic E-state index is 9.61. The average molecular weight is 291 g/mol. The molecule has 21 heavy (non-hydrogen) atoms. The lowest BCUT2D eigenvalue weighted by Crippen LogP contribution is -2.15. The highest BCUT2D eigenvalue weighted by Crippen LogP contribution is 2.31. The number of nitrogens with zero attached hydrogens (tertiary/aromatic N) is 2. The quantitative estimate of drug-likeness (QED) is 0.849. The number of aromatic hydroxyl groups is 1. The van der Waals surface area contributed by atoms with Gasteiger partial charge in [-0.25, -0.2) is 0 Å². The lowest BCUT2D eigenvalue weighted by molar-refractivity contribution is 0.334. The van der Waals surface area contributed by atoms with Crippen LogP contribution in [0.1, 0.15) is 32.1 Å². The third kappa shape index (κ3) is 3.52. The molecule has 2 aromatic rings. The summed E-state index contributed by atoms with van der Waals surface area (Å²) in [5.41, 5.74) is 6.51. The van der Waals surface area contributed by atoms with Gasteiger partial charge in [0, 0.05) is 12.1 Å². The Bertz CT molecular complexity index is 596. The first kappa shape index (κ1) is 15.3. The molecule has 2 rings (SSSR count). The molecule has 0 radical (unpaired) electrons. The number of ether oxygens (including phenoxy) is 1. The zero-order chi connectivity index (χ0) is 15.4. The van der Waals surface area contributed by atoms with E-state index >= 15 is 0 Å². The van der Waals surface area contributed by atoms with Gasteiger partial charge in [0.05, 0.1) is 13.0 Å². The summed E-state index contributed by atoms with van der Waals surface area (Å²) in [5, 5.41) is 13.6. The number of hydrogen-bond acceptors (Lipinski definition) is 6. The van der Waals surface area contributed by atoms with Gasteiger partial charge in [-0.15, -0.1) is 0 Å². The molecule has 1 heterocycles. The molecule has 0 spiro atoms. The monoisotopic (exact) mass is 291 g/mol. The van der Waals surface area contributed by atoms with Crippen LogP contribution in [0.4, 0.5) is 0 Å². The Labute approximate surface area is 123 Å². The van der Waals surface area contributed by atoms with Gasteiger partial charge >= 0.3 is 0 Å². The minimum Gasteiger partial charge on any atom is -0.504 e. The number of methoxy groups -OCH3 is 1. The molecule has 0 aliphatic heterocycles. The van der Waals surface area contributed by atoms with Gasteiger partial charge in [0.15, 0.2) is 11.5 Å². The SMILES string of the molecule is COc1cc(-c2noc(C(CN)CC(C)C)n2)ccc1O. The van der Waals surface area contributed by atoms with E-state index in [-0.39, 0.29) is 11.7 Å². The molecule has 0 aliphatic carbocycles. The molecule has 0 aliphatic rings. The molecule has 1 atom stereocenters. The first-order valence-electron chi connectivity index (χ1n) is 6.96. The Morgan fingerprint density at radius 2 is 2.14 bits per heavy atom. The van der Waals surface area contributed by atoms with E-state index < -0.39 is 0 Å². The summed E-state index contributed by atoms with van der Waals surface area (Å²) >= 11 is 0. The van der Waals surface area contributed by atoms with Crippen molar-refractivity contribution in [2.45, 2.75) is 26.2 Å². The van der Waals surface area contributed by atoms with Crippen molar-refractivity contribution in [2.75, 3.05) is 13.7 Å². The average Bonchev–Trinajstić information content (AvgIpc) is 2.94. The summed E-state index contributed by atoms with van der Waals surface area (Å²) in [7, 11) is 1.49. The summed E-state index contributed by atoms with van der Waals surface area (Å²) in [4.78, 5) is 4.41. The summed E-state index contributed by atoms with van der Waals surface area (Å²) < 4.78 is 10.4. The van der Waals surface area contributed by atoms with Crippen LogP contribution < -0.4 is 10.5 Å². The van der Waals surface area contributed by atoms with Crippen LogP contribution in [0.25, 0.3) is 11.4 Å². The predicted molar refractivity (Wildman–Crippen MR) is 79.2 cm³/mol. The highest BCUT2D eigenvalue weighted by Gasteiger charge is 2.20. The second-order valence-corrected chi connectivity index (χ2v) is 5.41. The van der Waals surface area contributed by atoms with Crippen LogP contribution in [0.2, 0.25) is 0 Å². The van der Waals surface area contributed by atoms with Crippen LogP contribution in [0.5, 0.6) is 11.5 Å². The molecule has 1 unspecified atom stereocenters. The van der Waals surface area contributed by atoms with Crippen LogP contribution in [0, 0.1) is 5.92 Å². The fourth-order valence-corrected chi connectivity index (χ4v) is 2.20. The van der Waals surface area contributed by atoms with Gasteiger partial charge in [0.2, 0.25) is 11.7 Å². The van der Waals surface area contributed by atoms with E-state index in [0.29, 0.717) is 29.9 Å². The summed E-state index contributed by atoms with van der Waals surface area (Å²) in [6, 6.07) is 4.93. The van der Waals surface area contributed by atoms with E-state index in [9.17, 15) is 5.11 Å². The van der Waals surface area contributed by atoms with Crippen molar-refractivity contribution in [1.29, 1.82) is 0 Å². The largest absolute Gasteiger partial charge is 0.504 e. The van der Waals surface area contributed by atoms with E-state index in [0.717, 1.165) is 12.0 Å². The second-order valence-electron chi connectivity index (χ2n) is 5.41. The van der Waals surface area contributed by atoms with Gasteiger partial charge in [-0.3, -0.25) is 0 Å². The summed E-state index contributed by atoms with van der Waals surface area (Å²) in [5.74, 6) is 2.02. The van der Waals surface area contributed by atoms with E-state index in [1.54, 1.807) is 18.2 Å². The third-order valence-electron chi connectivity index (χ3n) is 3.27. The summed E-state index contributed by atoms with van der Waals surface area (Å²) in [6.45, 7) is 4.73. The molecular weight excluding hydrogens is 270 g/mol. The van der Waals surface area contributed by atoms with Gasteiger partial charge in [-0.05, 0) is 30.5 Å². The maximum absolute atomic E-state index is 9.61. The molecular formula is C15H21N3O3. The number of nitrogens with two attached hydrogens (primary N) is 1. The molecule has 0 fully saturated rings. The van der Waals surface area contributed by atoms with Crippen LogP contribution >= 0.6 is 0 Å². The Hall–Kier alpha value is -2.08. The van der Waals surface area contributed by atoms with Gasteiger partial charge < -0.3 is 20.1 Å². The first-order chi connectivity index (χ1) is 10.0. The lowest BCUT2D eigenvalue weighted by atomic mass is 9.97. The molecule has 0 amide bonds. The van der Waals surface area contributed by atoms with Crippen LogP contribution in [-0.4, -0.2) is 28.9 Å². The molecule has 0 bridgehead atoms. The minimum absolute atomic E-state index is 0.0604. The first-order valence-corrected chi connectivity index (χ1v) is 6.96. The van der Waals surface area contributed by atoms with Crippen molar-refractivity contribution in [2.24, 2.45) is 11.7 Å². The molecule has 6 nitrogen and oxygen atoms in total. The minimum atomic E-state index is 0.0604. The zero-order valence-electron chi connectivity index (χ0n) is 12.5. The Kier molecular flexibility index (Phi) is 4.80. The molecule has 0 saturated heterocycles. The van der Waals surface area contributed by atoms with Crippen molar-refractivity contribution in [3.8, 4) is 22.9 Å². The fraction of sp³-hybridized carbons (Fsp3) is 0.467. The van der Waals surface area contributed by atoms with E-state index in [4.69, 9.17) is 15.0 Å². The van der Waals surface area contributed by atoms with Gasteiger partial charge in [0.25, 0.3) is 0 Å². The summed E-state index contributed by atoms with van der Waals surface area (Å²) in [6.07, 6.45) is 0.900. The van der Waals surface area contributed by atoms with Crippen molar-refractivity contribution >= 4 is 0 Å². The number of aromatic nitrogens is 2. The van der Waals surface area contributed by atoms with Crippen LogP contribution in [0.3, 0.4) is 0 Å². The van der Waals surface area contributed by atoms with Crippen LogP contribution in [-0.2, 0) is 0 Å². The molecule has 6 heteroatoms. The molecule has 1 aromatic carbocycles. The number of phenols is 1. The number of benzene rings is 1. The highest BCUT2D eigenvalue weighted by atomic mass is 16.5. The Morgan fingerprint density at radius 1 is 1.38 bits per heavy atom. The smallest absolute Gasteiger partial charge is 0.231 e. The Balaban J connectivity index is 2.26. The lowest BCUT2D eigenvalue weighted by Gasteiger charge is -2.11. The van der Waals surface area contributed by atoms with Crippen molar-refractivity contribution < 1.29 is 14.4 Å². The molecule has 3 N–H and O–H groups in total. The van der Waals surface area contributed by atoms with E-state index in [1.165, 1.54) is 7.11 Å². The highest BCUT2D eigenvalue weighted by molar-refractivity contribution is 5.60. The standard InChI is InChI=1S/C15H21N3O3/c1-9(2)6-11(8-16)15-17-14(18-21-15)10-4-5-12(19)13(7-10)20-3/h4-5,7,9,11,19H,6,8,16H2,1-3H3. The molecule has 114 valence electrons. The maximum Gasteiger partial charge on any atom is 0.231 e. The van der Waals surface area contributed by atoms with Crippen molar-refractivity contribution in [3.05, 3.63) is 24.1 Å². The van der Waals surface area contributed by atoms with Crippen molar-refractivity contribution in [3.63, 3.8) is 0 Å². The van der Waals surface area contributed by atoms with Gasteiger partial charge in [-0.1, -0.05) is 19.0 Å². The topological polar surface area (TPSA) is 94.4 Å². The Morgan fingerprint density at radius 3 is 2.76 bits per heavy atom. The van der Waals surface area contributed by atoms with Crippen molar-refractivity contribution in [1.82, 2.24) is 10.1 Å². The fourth-order valence-electron chi connectivity index (χ4n) is 2.20. The zero-order valence-corrected chi connectivity index (χ0v) is 12.5. The molecule has 1 aromatic heterocycles. The molecule has 0 saturated carbocycles. The third-order valence-corrected chi connectivity index (χ3v) is 3.27. The second kappa shape index (κ2) is 6.58. The van der Waals surface area contributed by atoms with Gasteiger partial charge in [-0.2, -0.15) is 4.98 Å².